The molecule has 0 aliphatic rings. The minimum absolute atomic E-state index is 0.0292. The van der Waals surface area contributed by atoms with E-state index in [0.717, 1.165) is 24.4 Å². The lowest BCUT2D eigenvalue weighted by molar-refractivity contribution is 0.0699. The summed E-state index contributed by atoms with van der Waals surface area (Å²) in [5.41, 5.74) is 1.16. The molecule has 0 bridgehead atoms. The number of hydrogen-bond acceptors (Lipinski definition) is 5. The van der Waals surface area contributed by atoms with Crippen molar-refractivity contribution in [3.05, 3.63) is 23.8 Å². The highest BCUT2D eigenvalue weighted by Gasteiger charge is 2.06. The van der Waals surface area contributed by atoms with Gasteiger partial charge in [-0.25, -0.2) is 0 Å². The Morgan fingerprint density at radius 2 is 1.95 bits per heavy atom. The largest absolute Gasteiger partial charge is 0.493 e. The van der Waals surface area contributed by atoms with Gasteiger partial charge in [-0.1, -0.05) is 19.9 Å². The maximum atomic E-state index is 8.61. The molecule has 0 amide bonds. The minimum atomic E-state index is 0.0292. The van der Waals surface area contributed by atoms with Crippen molar-refractivity contribution in [2.75, 3.05) is 40.1 Å². The van der Waals surface area contributed by atoms with Crippen molar-refractivity contribution in [3.8, 4) is 11.5 Å². The molecule has 0 aromatic heterocycles. The van der Waals surface area contributed by atoms with Gasteiger partial charge in [0.25, 0.3) is 0 Å². The lowest BCUT2D eigenvalue weighted by Gasteiger charge is -2.13. The lowest BCUT2D eigenvalue weighted by Crippen LogP contribution is -2.19. The summed E-state index contributed by atoms with van der Waals surface area (Å²) in [6.45, 7) is 7.41. The number of benzene rings is 1. The second-order valence-corrected chi connectivity index (χ2v) is 5.19. The van der Waals surface area contributed by atoms with Crippen LogP contribution in [-0.2, 0) is 11.3 Å². The zero-order valence-corrected chi connectivity index (χ0v) is 13.2. The van der Waals surface area contributed by atoms with Gasteiger partial charge in [-0.05, 0) is 30.2 Å². The summed E-state index contributed by atoms with van der Waals surface area (Å²) in [6.07, 6.45) is 0. The highest BCUT2D eigenvalue weighted by Crippen LogP contribution is 2.28. The number of aliphatic hydroxyl groups is 1. The van der Waals surface area contributed by atoms with E-state index in [1.54, 1.807) is 7.11 Å². The molecule has 1 aromatic rings. The van der Waals surface area contributed by atoms with Crippen molar-refractivity contribution in [2.45, 2.75) is 20.4 Å². The predicted molar refractivity (Wildman–Crippen MR) is 82.9 cm³/mol. The van der Waals surface area contributed by atoms with E-state index >= 15 is 0 Å². The minimum Gasteiger partial charge on any atom is -0.493 e. The second kappa shape index (κ2) is 10.4. The Labute approximate surface area is 127 Å². The summed E-state index contributed by atoms with van der Waals surface area (Å²) in [6, 6.07) is 5.92. The van der Waals surface area contributed by atoms with Gasteiger partial charge >= 0.3 is 0 Å². The summed E-state index contributed by atoms with van der Waals surface area (Å²) >= 11 is 0. The normalized spacial score (nSPS) is 10.9. The first-order chi connectivity index (χ1) is 10.2. The Kier molecular flexibility index (Phi) is 8.82. The molecule has 21 heavy (non-hydrogen) atoms. The van der Waals surface area contributed by atoms with Crippen molar-refractivity contribution in [1.29, 1.82) is 0 Å². The molecule has 2 N–H and O–H groups in total. The van der Waals surface area contributed by atoms with Crippen LogP contribution in [0.15, 0.2) is 18.2 Å². The molecule has 0 spiro atoms. The Bertz CT molecular complexity index is 396. The first kappa shape index (κ1) is 17.8. The van der Waals surface area contributed by atoms with Crippen LogP contribution in [0.4, 0.5) is 0 Å². The second-order valence-electron chi connectivity index (χ2n) is 5.19. The van der Waals surface area contributed by atoms with Gasteiger partial charge in [0.2, 0.25) is 0 Å². The molecule has 120 valence electrons. The SMILES string of the molecule is COc1cc(CNCC(C)C)ccc1OCCOCCO. The van der Waals surface area contributed by atoms with Crippen LogP contribution in [0.5, 0.6) is 11.5 Å². The van der Waals surface area contributed by atoms with Crippen LogP contribution in [0.1, 0.15) is 19.4 Å². The molecule has 0 unspecified atom stereocenters. The molecule has 0 aliphatic carbocycles. The van der Waals surface area contributed by atoms with Gasteiger partial charge in [-0.15, -0.1) is 0 Å². The van der Waals surface area contributed by atoms with Gasteiger partial charge in [0, 0.05) is 6.54 Å². The summed E-state index contributed by atoms with van der Waals surface area (Å²) in [5, 5.41) is 12.0. The average molecular weight is 297 g/mol. The molecule has 0 saturated heterocycles. The van der Waals surface area contributed by atoms with Crippen LogP contribution in [0.3, 0.4) is 0 Å². The lowest BCUT2D eigenvalue weighted by atomic mass is 10.2. The van der Waals surface area contributed by atoms with Crippen molar-refractivity contribution in [1.82, 2.24) is 5.32 Å². The number of aliphatic hydroxyl groups excluding tert-OH is 1. The quantitative estimate of drug-likeness (QED) is 0.610. The Morgan fingerprint density at radius 3 is 2.62 bits per heavy atom. The van der Waals surface area contributed by atoms with Crippen molar-refractivity contribution >= 4 is 0 Å². The van der Waals surface area contributed by atoms with Crippen LogP contribution in [-0.4, -0.2) is 45.2 Å². The number of rotatable bonds is 11. The van der Waals surface area contributed by atoms with Gasteiger partial charge in [-0.2, -0.15) is 0 Å². The maximum Gasteiger partial charge on any atom is 0.161 e. The maximum absolute atomic E-state index is 8.61. The topological polar surface area (TPSA) is 60.0 Å². The van der Waals surface area contributed by atoms with Crippen molar-refractivity contribution in [3.63, 3.8) is 0 Å². The highest BCUT2D eigenvalue weighted by molar-refractivity contribution is 5.42. The Hall–Kier alpha value is -1.30. The van der Waals surface area contributed by atoms with Crippen LogP contribution in [0.2, 0.25) is 0 Å². The van der Waals surface area contributed by atoms with Gasteiger partial charge in [0.1, 0.15) is 6.61 Å². The molecule has 0 aliphatic heterocycles. The van der Waals surface area contributed by atoms with Crippen LogP contribution >= 0.6 is 0 Å². The molecule has 5 nitrogen and oxygen atoms in total. The molecule has 1 aromatic carbocycles. The zero-order chi connectivity index (χ0) is 15.5. The van der Waals surface area contributed by atoms with Crippen molar-refractivity contribution in [2.24, 2.45) is 5.92 Å². The summed E-state index contributed by atoms with van der Waals surface area (Å²) in [7, 11) is 1.63. The molecule has 0 fully saturated rings. The van der Waals surface area contributed by atoms with Gasteiger partial charge in [0.05, 0.1) is 26.9 Å². The molecule has 5 heteroatoms. The first-order valence-electron chi connectivity index (χ1n) is 7.36. The van der Waals surface area contributed by atoms with E-state index < -0.39 is 0 Å². The monoisotopic (exact) mass is 297 g/mol. The molecule has 0 radical (unpaired) electrons. The summed E-state index contributed by atoms with van der Waals surface area (Å²) in [5.74, 6) is 2.06. The van der Waals surface area contributed by atoms with E-state index in [4.69, 9.17) is 19.3 Å². The van der Waals surface area contributed by atoms with Gasteiger partial charge in [0.15, 0.2) is 11.5 Å². The van der Waals surface area contributed by atoms with Crippen molar-refractivity contribution < 1.29 is 19.3 Å². The summed E-state index contributed by atoms with van der Waals surface area (Å²) in [4.78, 5) is 0. The molecule has 0 saturated carbocycles. The molecule has 0 heterocycles. The number of nitrogens with one attached hydrogen (secondary N) is 1. The van der Waals surface area contributed by atoms with E-state index in [-0.39, 0.29) is 6.61 Å². The highest BCUT2D eigenvalue weighted by atomic mass is 16.5. The fourth-order valence-corrected chi connectivity index (χ4v) is 1.82. The molecular formula is C16H27NO4. The first-order valence-corrected chi connectivity index (χ1v) is 7.36. The number of hydrogen-bond donors (Lipinski definition) is 2. The third-order valence-electron chi connectivity index (χ3n) is 2.83. The molecular weight excluding hydrogens is 270 g/mol. The fraction of sp³-hybridized carbons (Fsp3) is 0.625. The van der Waals surface area contributed by atoms with E-state index in [2.05, 4.69) is 19.2 Å². The number of methoxy groups -OCH3 is 1. The Morgan fingerprint density at radius 1 is 1.14 bits per heavy atom. The number of ether oxygens (including phenoxy) is 3. The van der Waals surface area contributed by atoms with E-state index in [0.29, 0.717) is 31.5 Å². The standard InChI is InChI=1S/C16H27NO4/c1-13(2)11-17-12-14-4-5-15(16(10-14)19-3)21-9-8-20-7-6-18/h4-5,10,13,17-18H,6-9,11-12H2,1-3H3. The summed E-state index contributed by atoms with van der Waals surface area (Å²) < 4.78 is 16.1. The average Bonchev–Trinajstić information content (AvgIpc) is 2.47. The van der Waals surface area contributed by atoms with E-state index in [1.165, 1.54) is 0 Å². The molecule has 0 atom stereocenters. The van der Waals surface area contributed by atoms with Crippen LogP contribution in [0.25, 0.3) is 0 Å². The predicted octanol–water partition coefficient (Wildman–Crippen LogP) is 1.83. The third kappa shape index (κ3) is 7.32. The van der Waals surface area contributed by atoms with E-state index in [9.17, 15) is 0 Å². The van der Waals surface area contributed by atoms with Gasteiger partial charge < -0.3 is 24.6 Å². The van der Waals surface area contributed by atoms with Gasteiger partial charge in [-0.3, -0.25) is 0 Å². The Balaban J connectivity index is 2.46. The van der Waals surface area contributed by atoms with Crippen LogP contribution in [0, 0.1) is 5.92 Å². The van der Waals surface area contributed by atoms with E-state index in [1.807, 2.05) is 18.2 Å². The van der Waals surface area contributed by atoms with Crippen LogP contribution < -0.4 is 14.8 Å². The molecule has 1 rings (SSSR count). The smallest absolute Gasteiger partial charge is 0.161 e. The zero-order valence-electron chi connectivity index (χ0n) is 13.2. The fourth-order valence-electron chi connectivity index (χ4n) is 1.82. The third-order valence-corrected chi connectivity index (χ3v) is 2.83.